The predicted molar refractivity (Wildman–Crippen MR) is 74.9 cm³/mol. The lowest BCUT2D eigenvalue weighted by Crippen LogP contribution is -2.09. The molecule has 0 aliphatic carbocycles. The molecule has 3 heterocycles. The van der Waals surface area contributed by atoms with Crippen molar-refractivity contribution in [3.63, 3.8) is 0 Å². The number of fused-ring (bicyclic) bond motifs is 1. The quantitative estimate of drug-likeness (QED) is 0.726. The molecule has 1 aliphatic rings. The Labute approximate surface area is 121 Å². The molecule has 1 aliphatic heterocycles. The van der Waals surface area contributed by atoms with Gasteiger partial charge in [-0.2, -0.15) is 10.1 Å². The molecule has 106 valence electrons. The molecule has 0 unspecified atom stereocenters. The molecule has 0 amide bonds. The maximum absolute atomic E-state index is 14.3. The average molecular weight is 283 g/mol. The van der Waals surface area contributed by atoms with Crippen LogP contribution in [0.4, 0.5) is 4.39 Å². The van der Waals surface area contributed by atoms with E-state index in [1.165, 1.54) is 0 Å². The SMILES string of the molecule is Cc1ccnn1-c1nc2n(n1)[C@H](c1ccccc1)C[C@@H]2F. The van der Waals surface area contributed by atoms with Crippen molar-refractivity contribution in [1.29, 1.82) is 0 Å². The molecule has 2 aromatic heterocycles. The van der Waals surface area contributed by atoms with Crippen molar-refractivity contribution < 1.29 is 4.39 Å². The summed E-state index contributed by atoms with van der Waals surface area (Å²) < 4.78 is 17.6. The summed E-state index contributed by atoms with van der Waals surface area (Å²) in [7, 11) is 0. The maximum Gasteiger partial charge on any atom is 0.270 e. The highest BCUT2D eigenvalue weighted by molar-refractivity contribution is 5.25. The van der Waals surface area contributed by atoms with Crippen molar-refractivity contribution >= 4 is 0 Å². The Balaban J connectivity index is 1.80. The average Bonchev–Trinajstić information content (AvgIpc) is 3.17. The fourth-order valence-electron chi connectivity index (χ4n) is 2.79. The van der Waals surface area contributed by atoms with Crippen LogP contribution in [0.3, 0.4) is 0 Å². The first-order chi connectivity index (χ1) is 10.2. The topological polar surface area (TPSA) is 48.5 Å². The van der Waals surface area contributed by atoms with Gasteiger partial charge in [-0.05, 0) is 18.6 Å². The fourth-order valence-corrected chi connectivity index (χ4v) is 2.79. The van der Waals surface area contributed by atoms with Crippen molar-refractivity contribution in [2.24, 2.45) is 0 Å². The second-order valence-electron chi connectivity index (χ2n) is 5.23. The van der Waals surface area contributed by atoms with E-state index in [0.717, 1.165) is 11.3 Å². The van der Waals surface area contributed by atoms with Crippen molar-refractivity contribution in [1.82, 2.24) is 24.5 Å². The van der Waals surface area contributed by atoms with E-state index in [-0.39, 0.29) is 6.04 Å². The lowest BCUT2D eigenvalue weighted by Gasteiger charge is -2.11. The number of benzene rings is 1. The molecular formula is C15H14FN5. The second-order valence-corrected chi connectivity index (χ2v) is 5.23. The molecule has 0 saturated carbocycles. The molecular weight excluding hydrogens is 269 g/mol. The lowest BCUT2D eigenvalue weighted by atomic mass is 10.0. The van der Waals surface area contributed by atoms with Crippen molar-refractivity contribution in [3.05, 3.63) is 59.7 Å². The van der Waals surface area contributed by atoms with Crippen molar-refractivity contribution in [2.75, 3.05) is 0 Å². The predicted octanol–water partition coefficient (Wildman–Crippen LogP) is 2.78. The number of aryl methyl sites for hydroxylation is 1. The van der Waals surface area contributed by atoms with Crippen LogP contribution in [0.1, 0.15) is 35.7 Å². The highest BCUT2D eigenvalue weighted by atomic mass is 19.1. The Kier molecular flexibility index (Phi) is 2.63. The highest BCUT2D eigenvalue weighted by Crippen LogP contribution is 2.39. The van der Waals surface area contributed by atoms with Gasteiger partial charge >= 0.3 is 0 Å². The summed E-state index contributed by atoms with van der Waals surface area (Å²) in [5.74, 6) is 0.810. The van der Waals surface area contributed by atoms with Gasteiger partial charge in [0.25, 0.3) is 5.95 Å². The van der Waals surface area contributed by atoms with Gasteiger partial charge in [-0.15, -0.1) is 5.10 Å². The van der Waals surface area contributed by atoms with Crippen LogP contribution in [0.2, 0.25) is 0 Å². The molecule has 4 rings (SSSR count). The maximum atomic E-state index is 14.3. The molecule has 3 aromatic rings. The van der Waals surface area contributed by atoms with Gasteiger partial charge in [-0.1, -0.05) is 30.3 Å². The molecule has 0 saturated heterocycles. The number of rotatable bonds is 2. The fraction of sp³-hybridized carbons (Fsp3) is 0.267. The Morgan fingerprint density at radius 2 is 2.00 bits per heavy atom. The number of hydrogen-bond acceptors (Lipinski definition) is 3. The number of aromatic nitrogens is 5. The van der Waals surface area contributed by atoms with Crippen molar-refractivity contribution in [3.8, 4) is 5.95 Å². The zero-order valence-corrected chi connectivity index (χ0v) is 11.5. The molecule has 0 fully saturated rings. The van der Waals surface area contributed by atoms with Gasteiger partial charge in [0.05, 0.1) is 6.04 Å². The Morgan fingerprint density at radius 3 is 2.71 bits per heavy atom. The van der Waals surface area contributed by atoms with E-state index >= 15 is 0 Å². The molecule has 0 radical (unpaired) electrons. The summed E-state index contributed by atoms with van der Waals surface area (Å²) in [6, 6.07) is 11.6. The first-order valence-corrected chi connectivity index (χ1v) is 6.90. The monoisotopic (exact) mass is 283 g/mol. The van der Waals surface area contributed by atoms with Gasteiger partial charge in [-0.25, -0.2) is 13.8 Å². The van der Waals surface area contributed by atoms with Crippen LogP contribution >= 0.6 is 0 Å². The van der Waals surface area contributed by atoms with E-state index in [1.54, 1.807) is 15.6 Å². The molecule has 6 heteroatoms. The molecule has 1 aromatic carbocycles. The van der Waals surface area contributed by atoms with Gasteiger partial charge in [0.2, 0.25) is 0 Å². The van der Waals surface area contributed by atoms with Gasteiger partial charge in [0.1, 0.15) is 0 Å². The summed E-state index contributed by atoms with van der Waals surface area (Å²) >= 11 is 0. The third kappa shape index (κ3) is 1.86. The summed E-state index contributed by atoms with van der Waals surface area (Å²) in [5, 5.41) is 8.65. The minimum Gasteiger partial charge on any atom is -0.239 e. The van der Waals surface area contributed by atoms with Gasteiger partial charge in [-0.3, -0.25) is 0 Å². The molecule has 0 N–H and O–H groups in total. The van der Waals surface area contributed by atoms with Crippen LogP contribution in [0.25, 0.3) is 5.95 Å². The normalized spacial score (nSPS) is 20.7. The Hall–Kier alpha value is -2.50. The lowest BCUT2D eigenvalue weighted by molar-refractivity contribution is 0.328. The van der Waals surface area contributed by atoms with E-state index < -0.39 is 6.17 Å². The summed E-state index contributed by atoms with van der Waals surface area (Å²) in [6.07, 6.45) is 0.980. The largest absolute Gasteiger partial charge is 0.270 e. The summed E-state index contributed by atoms with van der Waals surface area (Å²) in [4.78, 5) is 4.33. The van der Waals surface area contributed by atoms with E-state index in [9.17, 15) is 4.39 Å². The van der Waals surface area contributed by atoms with Crippen LogP contribution in [-0.2, 0) is 0 Å². The number of nitrogens with zero attached hydrogens (tertiary/aromatic N) is 5. The van der Waals surface area contributed by atoms with E-state index in [1.807, 2.05) is 43.3 Å². The zero-order valence-electron chi connectivity index (χ0n) is 11.5. The van der Waals surface area contributed by atoms with Crippen LogP contribution in [-0.4, -0.2) is 24.5 Å². The van der Waals surface area contributed by atoms with Gasteiger partial charge in [0.15, 0.2) is 12.0 Å². The second kappa shape index (κ2) is 4.51. The minimum atomic E-state index is -1.09. The first kappa shape index (κ1) is 12.3. The number of alkyl halides is 1. The van der Waals surface area contributed by atoms with Crippen LogP contribution in [0.5, 0.6) is 0 Å². The minimum absolute atomic E-state index is 0.103. The number of halogens is 1. The van der Waals surface area contributed by atoms with Crippen LogP contribution in [0, 0.1) is 6.92 Å². The van der Waals surface area contributed by atoms with Crippen LogP contribution in [0.15, 0.2) is 42.6 Å². The third-order valence-corrected chi connectivity index (χ3v) is 3.86. The first-order valence-electron chi connectivity index (χ1n) is 6.90. The van der Waals surface area contributed by atoms with Gasteiger partial charge < -0.3 is 0 Å². The highest BCUT2D eigenvalue weighted by Gasteiger charge is 2.35. The molecule has 2 atom stereocenters. The molecule has 0 spiro atoms. The summed E-state index contributed by atoms with van der Waals surface area (Å²) in [5.41, 5.74) is 1.97. The Bertz CT molecular complexity index is 776. The zero-order chi connectivity index (χ0) is 14.4. The van der Waals surface area contributed by atoms with E-state index in [4.69, 9.17) is 0 Å². The third-order valence-electron chi connectivity index (χ3n) is 3.86. The van der Waals surface area contributed by atoms with Crippen molar-refractivity contribution in [2.45, 2.75) is 25.6 Å². The number of hydrogen-bond donors (Lipinski definition) is 0. The molecule has 21 heavy (non-hydrogen) atoms. The van der Waals surface area contributed by atoms with E-state index in [2.05, 4.69) is 15.2 Å². The summed E-state index contributed by atoms with van der Waals surface area (Å²) in [6.45, 7) is 1.92. The van der Waals surface area contributed by atoms with E-state index in [0.29, 0.717) is 18.2 Å². The van der Waals surface area contributed by atoms with Gasteiger partial charge in [0, 0.05) is 18.3 Å². The smallest absolute Gasteiger partial charge is 0.239 e. The van der Waals surface area contributed by atoms with Crippen LogP contribution < -0.4 is 0 Å². The molecule has 0 bridgehead atoms. The Morgan fingerprint density at radius 1 is 1.19 bits per heavy atom. The standard InChI is InChI=1S/C15H14FN5/c1-10-7-8-17-20(10)15-18-14-12(16)9-13(21(14)19-15)11-5-3-2-4-6-11/h2-8,12-13H,9H2,1H3/t12-,13-/m0/s1. The molecule has 5 nitrogen and oxygen atoms in total.